The average molecular weight is 269 g/mol. The Labute approximate surface area is 116 Å². The smallest absolute Gasteiger partial charge is 0.269 e. The summed E-state index contributed by atoms with van der Waals surface area (Å²) in [5.41, 5.74) is 8.74. The maximum Gasteiger partial charge on any atom is 0.269 e. The van der Waals surface area contributed by atoms with E-state index in [2.05, 4.69) is 5.10 Å². The molecule has 1 amide bonds. The molecule has 2 aromatic rings. The fraction of sp³-hybridized carbons (Fsp3) is 0.333. The van der Waals surface area contributed by atoms with E-state index in [4.69, 9.17) is 10.5 Å². The van der Waals surface area contributed by atoms with E-state index in [1.54, 1.807) is 0 Å². The summed E-state index contributed by atoms with van der Waals surface area (Å²) in [5.74, 6) is 0.316. The van der Waals surface area contributed by atoms with E-state index < -0.39 is 5.91 Å². The summed E-state index contributed by atoms with van der Waals surface area (Å²) in [5, 5.41) is 4.39. The monoisotopic (exact) mass is 269 g/mol. The van der Waals surface area contributed by atoms with Crippen molar-refractivity contribution in [1.82, 2.24) is 9.78 Å². The van der Waals surface area contributed by atoms with Gasteiger partial charge in [-0.25, -0.2) is 4.68 Å². The molecule has 1 spiro atoms. The molecule has 20 heavy (non-hydrogen) atoms. The van der Waals surface area contributed by atoms with Gasteiger partial charge in [0.1, 0.15) is 11.4 Å². The predicted octanol–water partition coefficient (Wildman–Crippen LogP) is 1.70. The SMILES string of the molecule is Cc1ccc2c(c1)-n1nc(C(N)=O)cc1C1(CC1)CO2. The minimum Gasteiger partial charge on any atom is -0.490 e. The molecule has 1 aromatic carbocycles. The first-order chi connectivity index (χ1) is 9.59. The number of nitrogens with zero attached hydrogens (tertiary/aromatic N) is 2. The van der Waals surface area contributed by atoms with Crippen LogP contribution in [0.25, 0.3) is 5.69 Å². The fourth-order valence-corrected chi connectivity index (χ4v) is 2.82. The van der Waals surface area contributed by atoms with Gasteiger partial charge in [0.05, 0.1) is 12.3 Å². The number of fused-ring (bicyclic) bond motifs is 4. The van der Waals surface area contributed by atoms with Crippen LogP contribution in [0.2, 0.25) is 0 Å². The van der Waals surface area contributed by atoms with E-state index in [0.29, 0.717) is 12.3 Å². The minimum atomic E-state index is -0.489. The predicted molar refractivity (Wildman–Crippen MR) is 73.2 cm³/mol. The number of nitrogens with two attached hydrogens (primary N) is 1. The lowest BCUT2D eigenvalue weighted by molar-refractivity contribution is 0.0995. The third-order valence-electron chi connectivity index (χ3n) is 4.21. The zero-order chi connectivity index (χ0) is 13.9. The van der Waals surface area contributed by atoms with Crippen LogP contribution in [-0.2, 0) is 5.41 Å². The normalized spacial score (nSPS) is 17.9. The molecule has 1 aliphatic heterocycles. The van der Waals surface area contributed by atoms with Gasteiger partial charge in [-0.2, -0.15) is 5.10 Å². The van der Waals surface area contributed by atoms with Gasteiger partial charge in [-0.3, -0.25) is 4.79 Å². The number of ether oxygens (including phenoxy) is 1. The Bertz CT molecular complexity index is 729. The van der Waals surface area contributed by atoms with Crippen molar-refractivity contribution in [2.45, 2.75) is 25.2 Å². The van der Waals surface area contributed by atoms with Crippen molar-refractivity contribution in [3.8, 4) is 11.4 Å². The Morgan fingerprint density at radius 1 is 1.40 bits per heavy atom. The largest absolute Gasteiger partial charge is 0.490 e. The summed E-state index contributed by atoms with van der Waals surface area (Å²) in [4.78, 5) is 11.4. The number of rotatable bonds is 1. The number of amides is 1. The van der Waals surface area contributed by atoms with Crippen LogP contribution in [0.3, 0.4) is 0 Å². The number of carbonyl (C=O) groups excluding carboxylic acids is 1. The van der Waals surface area contributed by atoms with Gasteiger partial charge in [-0.15, -0.1) is 0 Å². The van der Waals surface area contributed by atoms with E-state index in [-0.39, 0.29) is 5.41 Å². The van der Waals surface area contributed by atoms with Gasteiger partial charge in [0.15, 0.2) is 5.69 Å². The molecule has 5 nitrogen and oxygen atoms in total. The standard InChI is InChI=1S/C15H15N3O2/c1-9-2-3-12-11(6-9)18-13(7-10(17-18)14(16)19)15(4-5-15)8-20-12/h2-3,6-7H,4-5,8H2,1H3,(H2,16,19). The molecule has 1 aliphatic carbocycles. The van der Waals surface area contributed by atoms with Crippen molar-refractivity contribution >= 4 is 5.91 Å². The molecule has 1 fully saturated rings. The molecular weight excluding hydrogens is 254 g/mol. The second-order valence-electron chi connectivity index (χ2n) is 5.73. The number of aryl methyl sites for hydroxylation is 1. The first-order valence-corrected chi connectivity index (χ1v) is 6.73. The Hall–Kier alpha value is -2.30. The van der Waals surface area contributed by atoms with Crippen LogP contribution in [-0.4, -0.2) is 22.3 Å². The average Bonchev–Trinajstić information content (AvgIpc) is 3.09. The van der Waals surface area contributed by atoms with Gasteiger partial charge < -0.3 is 10.5 Å². The van der Waals surface area contributed by atoms with Crippen molar-refractivity contribution in [1.29, 1.82) is 0 Å². The van der Waals surface area contributed by atoms with Crippen molar-refractivity contribution < 1.29 is 9.53 Å². The topological polar surface area (TPSA) is 70.1 Å². The molecular formula is C15H15N3O2. The summed E-state index contributed by atoms with van der Waals surface area (Å²) in [6, 6.07) is 7.82. The highest BCUT2D eigenvalue weighted by Gasteiger charge is 2.50. The summed E-state index contributed by atoms with van der Waals surface area (Å²) in [6.07, 6.45) is 2.12. The molecule has 0 atom stereocenters. The number of hydrogen-bond donors (Lipinski definition) is 1. The van der Waals surface area contributed by atoms with Gasteiger partial charge >= 0.3 is 0 Å². The van der Waals surface area contributed by atoms with E-state index in [0.717, 1.165) is 35.5 Å². The summed E-state index contributed by atoms with van der Waals surface area (Å²) >= 11 is 0. The molecule has 1 saturated carbocycles. The molecule has 0 unspecified atom stereocenters. The van der Waals surface area contributed by atoms with Crippen molar-refractivity contribution in [2.24, 2.45) is 5.73 Å². The molecule has 2 N–H and O–H groups in total. The second-order valence-corrected chi connectivity index (χ2v) is 5.73. The number of benzene rings is 1. The Morgan fingerprint density at radius 2 is 2.20 bits per heavy atom. The van der Waals surface area contributed by atoms with Crippen LogP contribution < -0.4 is 10.5 Å². The van der Waals surface area contributed by atoms with Crippen LogP contribution in [0.5, 0.6) is 5.75 Å². The van der Waals surface area contributed by atoms with E-state index in [1.807, 2.05) is 35.9 Å². The van der Waals surface area contributed by atoms with Crippen LogP contribution in [0.15, 0.2) is 24.3 Å². The molecule has 5 heteroatoms. The van der Waals surface area contributed by atoms with Crippen molar-refractivity contribution in [3.05, 3.63) is 41.2 Å². The first-order valence-electron chi connectivity index (χ1n) is 6.73. The van der Waals surface area contributed by atoms with Crippen molar-refractivity contribution in [2.75, 3.05) is 6.61 Å². The van der Waals surface area contributed by atoms with E-state index in [1.165, 1.54) is 0 Å². The lowest BCUT2D eigenvalue weighted by atomic mass is 10.0. The van der Waals surface area contributed by atoms with Crippen LogP contribution in [0.1, 0.15) is 34.6 Å². The highest BCUT2D eigenvalue weighted by Crippen LogP contribution is 2.51. The molecule has 0 radical (unpaired) electrons. The maximum absolute atomic E-state index is 11.4. The molecule has 4 rings (SSSR count). The zero-order valence-electron chi connectivity index (χ0n) is 11.2. The number of aromatic nitrogens is 2. The van der Waals surface area contributed by atoms with Gasteiger partial charge in [-0.05, 0) is 43.5 Å². The molecule has 0 saturated heterocycles. The van der Waals surface area contributed by atoms with E-state index >= 15 is 0 Å². The summed E-state index contributed by atoms with van der Waals surface area (Å²) in [6.45, 7) is 2.66. The van der Waals surface area contributed by atoms with Crippen LogP contribution in [0, 0.1) is 6.92 Å². The highest BCUT2D eigenvalue weighted by atomic mass is 16.5. The lowest BCUT2D eigenvalue weighted by Crippen LogP contribution is -2.17. The fourth-order valence-electron chi connectivity index (χ4n) is 2.82. The lowest BCUT2D eigenvalue weighted by Gasteiger charge is -2.11. The Morgan fingerprint density at radius 3 is 2.90 bits per heavy atom. The van der Waals surface area contributed by atoms with Crippen LogP contribution in [0.4, 0.5) is 0 Å². The van der Waals surface area contributed by atoms with Crippen LogP contribution >= 0.6 is 0 Å². The Balaban J connectivity index is 1.99. The number of primary amides is 1. The van der Waals surface area contributed by atoms with E-state index in [9.17, 15) is 4.79 Å². The molecule has 0 bridgehead atoms. The highest BCUT2D eigenvalue weighted by molar-refractivity contribution is 5.91. The molecule has 2 aliphatic rings. The minimum absolute atomic E-state index is 0.00632. The van der Waals surface area contributed by atoms with Crippen molar-refractivity contribution in [3.63, 3.8) is 0 Å². The van der Waals surface area contributed by atoms with Gasteiger partial charge in [0.2, 0.25) is 0 Å². The van der Waals surface area contributed by atoms with Gasteiger partial charge in [-0.1, -0.05) is 6.07 Å². The zero-order valence-corrected chi connectivity index (χ0v) is 11.2. The summed E-state index contributed by atoms with van der Waals surface area (Å²) < 4.78 is 7.78. The molecule has 1 aromatic heterocycles. The first kappa shape index (κ1) is 11.5. The summed E-state index contributed by atoms with van der Waals surface area (Å²) in [7, 11) is 0. The third-order valence-corrected chi connectivity index (χ3v) is 4.21. The van der Waals surface area contributed by atoms with Gasteiger partial charge in [0, 0.05) is 5.41 Å². The second kappa shape index (κ2) is 3.62. The third kappa shape index (κ3) is 1.49. The number of carbonyl (C=O) groups is 1. The Kier molecular flexibility index (Phi) is 2.09. The van der Waals surface area contributed by atoms with Gasteiger partial charge in [0.25, 0.3) is 5.91 Å². The maximum atomic E-state index is 11.4. The molecule has 2 heterocycles. The number of hydrogen-bond acceptors (Lipinski definition) is 3. The quantitative estimate of drug-likeness (QED) is 0.856. The molecule has 102 valence electrons.